The number of rotatable bonds is 2. The van der Waals surface area contributed by atoms with Gasteiger partial charge < -0.3 is 10.5 Å². The van der Waals surface area contributed by atoms with Gasteiger partial charge >= 0.3 is 0 Å². The molecular weight excluding hydrogens is 270 g/mol. The molecule has 1 aromatic heterocycles. The number of anilines is 1. The summed E-state index contributed by atoms with van der Waals surface area (Å²) in [5.41, 5.74) is 7.27. The molecule has 2 aromatic rings. The van der Waals surface area contributed by atoms with Gasteiger partial charge in [-0.25, -0.2) is 0 Å². The SMILES string of the molecule is COc1cccc(-c2cc(Br)c(N)nn2)c1. The van der Waals surface area contributed by atoms with Crippen LogP contribution in [0.4, 0.5) is 5.82 Å². The van der Waals surface area contributed by atoms with Gasteiger partial charge in [-0.15, -0.1) is 10.2 Å². The Kier molecular flexibility index (Phi) is 3.05. The van der Waals surface area contributed by atoms with Crippen LogP contribution in [0.1, 0.15) is 0 Å². The summed E-state index contributed by atoms with van der Waals surface area (Å²) < 4.78 is 5.88. The maximum atomic E-state index is 5.58. The molecule has 2 N–H and O–H groups in total. The minimum atomic E-state index is 0.381. The van der Waals surface area contributed by atoms with Gasteiger partial charge in [0, 0.05) is 5.56 Å². The van der Waals surface area contributed by atoms with E-state index in [1.54, 1.807) is 7.11 Å². The Balaban J connectivity index is 2.46. The van der Waals surface area contributed by atoms with E-state index in [-0.39, 0.29) is 0 Å². The van der Waals surface area contributed by atoms with E-state index < -0.39 is 0 Å². The Morgan fingerprint density at radius 2 is 2.06 bits per heavy atom. The number of nitrogen functional groups attached to an aromatic ring is 1. The molecule has 0 saturated heterocycles. The molecule has 0 bridgehead atoms. The summed E-state index contributed by atoms with van der Waals surface area (Å²) in [7, 11) is 1.63. The summed E-state index contributed by atoms with van der Waals surface area (Å²) in [5.74, 6) is 1.17. The average Bonchev–Trinajstić information content (AvgIpc) is 2.33. The van der Waals surface area contributed by atoms with Crippen molar-refractivity contribution in [2.24, 2.45) is 0 Å². The second-order valence-electron chi connectivity index (χ2n) is 3.19. The van der Waals surface area contributed by atoms with Gasteiger partial charge in [-0.1, -0.05) is 12.1 Å². The fourth-order valence-corrected chi connectivity index (χ4v) is 1.60. The third kappa shape index (κ3) is 2.14. The molecule has 1 heterocycles. The summed E-state index contributed by atoms with van der Waals surface area (Å²) in [6.07, 6.45) is 0. The van der Waals surface area contributed by atoms with Gasteiger partial charge in [-0.05, 0) is 34.1 Å². The van der Waals surface area contributed by atoms with E-state index in [0.29, 0.717) is 5.82 Å². The molecular formula is C11H10BrN3O. The van der Waals surface area contributed by atoms with E-state index in [4.69, 9.17) is 10.5 Å². The van der Waals surface area contributed by atoms with E-state index in [1.165, 1.54) is 0 Å². The predicted molar refractivity (Wildman–Crippen MR) is 66.1 cm³/mol. The molecule has 0 saturated carbocycles. The Hall–Kier alpha value is -1.62. The van der Waals surface area contributed by atoms with Crippen molar-refractivity contribution in [2.45, 2.75) is 0 Å². The largest absolute Gasteiger partial charge is 0.497 e. The first-order valence-electron chi connectivity index (χ1n) is 4.64. The van der Waals surface area contributed by atoms with Crippen LogP contribution in [0, 0.1) is 0 Å². The molecule has 0 atom stereocenters. The fourth-order valence-electron chi connectivity index (χ4n) is 1.30. The fraction of sp³-hybridized carbons (Fsp3) is 0.0909. The van der Waals surface area contributed by atoms with Crippen molar-refractivity contribution in [1.29, 1.82) is 0 Å². The Morgan fingerprint density at radius 1 is 1.25 bits per heavy atom. The highest BCUT2D eigenvalue weighted by Crippen LogP contribution is 2.25. The number of benzene rings is 1. The quantitative estimate of drug-likeness (QED) is 0.918. The highest BCUT2D eigenvalue weighted by atomic mass is 79.9. The van der Waals surface area contributed by atoms with Gasteiger partial charge in [0.05, 0.1) is 17.3 Å². The van der Waals surface area contributed by atoms with Crippen LogP contribution in [-0.2, 0) is 0 Å². The molecule has 2 rings (SSSR count). The first-order chi connectivity index (χ1) is 7.70. The molecule has 1 aromatic carbocycles. The zero-order valence-corrected chi connectivity index (χ0v) is 10.2. The monoisotopic (exact) mass is 279 g/mol. The summed E-state index contributed by atoms with van der Waals surface area (Å²) in [6, 6.07) is 9.45. The van der Waals surface area contributed by atoms with Crippen molar-refractivity contribution in [2.75, 3.05) is 12.8 Å². The van der Waals surface area contributed by atoms with Gasteiger partial charge in [-0.3, -0.25) is 0 Å². The maximum absolute atomic E-state index is 5.58. The zero-order valence-electron chi connectivity index (χ0n) is 8.64. The van der Waals surface area contributed by atoms with E-state index in [1.807, 2.05) is 30.3 Å². The third-order valence-corrected chi connectivity index (χ3v) is 2.77. The third-order valence-electron chi connectivity index (χ3n) is 2.14. The number of halogens is 1. The van der Waals surface area contributed by atoms with Gasteiger partial charge in [0.15, 0.2) is 5.82 Å². The van der Waals surface area contributed by atoms with Crippen molar-refractivity contribution in [3.8, 4) is 17.0 Å². The van der Waals surface area contributed by atoms with E-state index in [0.717, 1.165) is 21.5 Å². The number of hydrogen-bond acceptors (Lipinski definition) is 4. The highest BCUT2D eigenvalue weighted by Gasteiger charge is 2.04. The smallest absolute Gasteiger partial charge is 0.160 e. The topological polar surface area (TPSA) is 61.0 Å². The van der Waals surface area contributed by atoms with Crippen LogP contribution >= 0.6 is 15.9 Å². The van der Waals surface area contributed by atoms with Crippen molar-refractivity contribution < 1.29 is 4.74 Å². The highest BCUT2D eigenvalue weighted by molar-refractivity contribution is 9.10. The lowest BCUT2D eigenvalue weighted by atomic mass is 10.1. The lowest BCUT2D eigenvalue weighted by Gasteiger charge is -2.04. The van der Waals surface area contributed by atoms with Crippen LogP contribution in [0.3, 0.4) is 0 Å². The molecule has 0 fully saturated rings. The molecule has 4 nitrogen and oxygen atoms in total. The number of hydrogen-bond donors (Lipinski definition) is 1. The maximum Gasteiger partial charge on any atom is 0.160 e. The number of nitrogens with zero attached hydrogens (tertiary/aromatic N) is 2. The van der Waals surface area contributed by atoms with Crippen LogP contribution < -0.4 is 10.5 Å². The summed E-state index contributed by atoms with van der Waals surface area (Å²) in [5, 5.41) is 7.87. The number of methoxy groups -OCH3 is 1. The molecule has 16 heavy (non-hydrogen) atoms. The molecule has 0 unspecified atom stereocenters. The lowest BCUT2D eigenvalue weighted by Crippen LogP contribution is -1.96. The Bertz CT molecular complexity index is 516. The molecule has 0 aliphatic carbocycles. The van der Waals surface area contributed by atoms with Crippen LogP contribution in [0.2, 0.25) is 0 Å². The normalized spacial score (nSPS) is 10.1. The molecule has 82 valence electrons. The van der Waals surface area contributed by atoms with Gasteiger partial charge in [-0.2, -0.15) is 0 Å². The second kappa shape index (κ2) is 4.49. The van der Waals surface area contributed by atoms with Crippen molar-refractivity contribution in [1.82, 2.24) is 10.2 Å². The number of aromatic nitrogens is 2. The van der Waals surface area contributed by atoms with Crippen molar-refractivity contribution in [3.05, 3.63) is 34.8 Å². The zero-order chi connectivity index (χ0) is 11.5. The lowest BCUT2D eigenvalue weighted by molar-refractivity contribution is 0.415. The van der Waals surface area contributed by atoms with E-state index in [9.17, 15) is 0 Å². The van der Waals surface area contributed by atoms with Gasteiger partial charge in [0.25, 0.3) is 0 Å². The number of nitrogens with two attached hydrogens (primary N) is 1. The second-order valence-corrected chi connectivity index (χ2v) is 4.05. The number of ether oxygens (including phenoxy) is 1. The summed E-state index contributed by atoms with van der Waals surface area (Å²) >= 11 is 3.32. The molecule has 0 amide bonds. The molecule has 0 radical (unpaired) electrons. The summed E-state index contributed by atoms with van der Waals surface area (Å²) in [4.78, 5) is 0. The van der Waals surface area contributed by atoms with Crippen LogP contribution in [0.25, 0.3) is 11.3 Å². The van der Waals surface area contributed by atoms with Crippen LogP contribution in [0.15, 0.2) is 34.8 Å². The van der Waals surface area contributed by atoms with E-state index >= 15 is 0 Å². The van der Waals surface area contributed by atoms with Crippen molar-refractivity contribution in [3.63, 3.8) is 0 Å². The van der Waals surface area contributed by atoms with Crippen LogP contribution in [0.5, 0.6) is 5.75 Å². The van der Waals surface area contributed by atoms with Gasteiger partial charge in [0.1, 0.15) is 5.75 Å². The summed E-state index contributed by atoms with van der Waals surface area (Å²) in [6.45, 7) is 0. The molecule has 5 heteroatoms. The minimum Gasteiger partial charge on any atom is -0.497 e. The van der Waals surface area contributed by atoms with E-state index in [2.05, 4.69) is 26.1 Å². The molecule has 0 spiro atoms. The minimum absolute atomic E-state index is 0.381. The van der Waals surface area contributed by atoms with Crippen molar-refractivity contribution >= 4 is 21.7 Å². The first kappa shape index (κ1) is 10.9. The van der Waals surface area contributed by atoms with Gasteiger partial charge in [0.2, 0.25) is 0 Å². The first-order valence-corrected chi connectivity index (χ1v) is 5.43. The van der Waals surface area contributed by atoms with Crippen LogP contribution in [-0.4, -0.2) is 17.3 Å². The Morgan fingerprint density at radius 3 is 2.75 bits per heavy atom. The standard InChI is InChI=1S/C11H10BrN3O/c1-16-8-4-2-3-7(5-8)10-6-9(12)11(13)15-14-10/h2-6H,1H3,(H2,13,15). The average molecular weight is 280 g/mol. The molecule has 0 aliphatic rings. The Labute approximate surface area is 102 Å². The predicted octanol–water partition coefficient (Wildman–Crippen LogP) is 2.50. The molecule has 0 aliphatic heterocycles.